The van der Waals surface area contributed by atoms with Crippen molar-refractivity contribution in [1.29, 1.82) is 0 Å². The van der Waals surface area contributed by atoms with E-state index in [0.717, 1.165) is 0 Å². The smallest absolute Gasteiger partial charge is 0.427 e. The Hall–Kier alpha value is -1.39. The normalized spacial score (nSPS) is 34.1. The van der Waals surface area contributed by atoms with E-state index in [-0.39, 0.29) is 18.4 Å². The van der Waals surface area contributed by atoms with Crippen LogP contribution < -0.4 is 0 Å². The average molecular weight is 232 g/mol. The number of hydrogen-bond acceptors (Lipinski definition) is 6. The molecule has 0 amide bonds. The summed E-state index contributed by atoms with van der Waals surface area (Å²) >= 11 is 0. The van der Waals surface area contributed by atoms with E-state index in [2.05, 4.69) is 23.3 Å². The molecule has 4 atom stereocenters. The van der Waals surface area contributed by atoms with Crippen LogP contribution in [0.2, 0.25) is 0 Å². The molecule has 16 heavy (non-hydrogen) atoms. The molecule has 6 nitrogen and oxygen atoms in total. The van der Waals surface area contributed by atoms with Gasteiger partial charge in [-0.15, -0.1) is 0 Å². The highest BCUT2D eigenvalue weighted by Gasteiger charge is 2.28. The van der Waals surface area contributed by atoms with Crippen molar-refractivity contribution in [2.24, 2.45) is 0 Å². The van der Waals surface area contributed by atoms with Crippen molar-refractivity contribution in [2.45, 2.75) is 52.1 Å². The van der Waals surface area contributed by atoms with Gasteiger partial charge in [-0.3, -0.25) is 0 Å². The molecule has 2 heterocycles. The lowest BCUT2D eigenvalue weighted by molar-refractivity contribution is -0.191. The summed E-state index contributed by atoms with van der Waals surface area (Å²) in [5, 5.41) is 0. The van der Waals surface area contributed by atoms with E-state index in [1.54, 1.807) is 13.8 Å². The van der Waals surface area contributed by atoms with E-state index >= 15 is 0 Å². The minimum atomic E-state index is -0.551. The van der Waals surface area contributed by atoms with Gasteiger partial charge in [-0.05, 0) is 27.7 Å². The number of hydrogen-bond donors (Lipinski definition) is 0. The fourth-order valence-corrected chi connectivity index (χ4v) is 0.816. The summed E-state index contributed by atoms with van der Waals surface area (Å²) in [6.07, 6.45) is 0.639. The molecule has 0 bridgehead atoms. The van der Waals surface area contributed by atoms with Gasteiger partial charge in [0, 0.05) is 0 Å². The van der Waals surface area contributed by atoms with E-state index in [9.17, 15) is 4.79 Å². The van der Waals surface area contributed by atoms with Crippen molar-refractivity contribution in [3.63, 3.8) is 0 Å². The van der Waals surface area contributed by atoms with Gasteiger partial charge in [-0.25, -0.2) is 4.79 Å². The van der Waals surface area contributed by atoms with Crippen molar-refractivity contribution in [1.82, 2.24) is 0 Å². The second-order valence-corrected chi connectivity index (χ2v) is 3.53. The van der Waals surface area contributed by atoms with Crippen molar-refractivity contribution >= 4 is 12.3 Å². The predicted octanol–water partition coefficient (Wildman–Crippen LogP) is 1.14. The maximum absolute atomic E-state index is 10.2. The van der Waals surface area contributed by atoms with Crippen molar-refractivity contribution < 1.29 is 28.6 Å². The third kappa shape index (κ3) is 6.16. The Bertz CT molecular complexity index is 240. The molecule has 0 aromatic rings. The first-order valence-electron chi connectivity index (χ1n) is 4.94. The van der Waals surface area contributed by atoms with Gasteiger partial charge in [-0.2, -0.15) is 9.59 Å². The maximum atomic E-state index is 10.2. The van der Waals surface area contributed by atoms with Gasteiger partial charge >= 0.3 is 12.3 Å². The molecule has 92 valence electrons. The second-order valence-electron chi connectivity index (χ2n) is 3.53. The van der Waals surface area contributed by atoms with Crippen LogP contribution in [-0.2, 0) is 23.8 Å². The Morgan fingerprint density at radius 3 is 1.19 bits per heavy atom. The van der Waals surface area contributed by atoms with Crippen LogP contribution in [-0.4, -0.2) is 36.7 Å². The van der Waals surface area contributed by atoms with E-state index in [4.69, 9.17) is 14.3 Å². The Morgan fingerprint density at radius 2 is 1.12 bits per heavy atom. The van der Waals surface area contributed by atoms with Crippen molar-refractivity contribution in [3.05, 3.63) is 0 Å². The van der Waals surface area contributed by atoms with Gasteiger partial charge in [-0.1, -0.05) is 0 Å². The molecule has 2 rings (SSSR count). The van der Waals surface area contributed by atoms with E-state index < -0.39 is 6.16 Å². The monoisotopic (exact) mass is 232 g/mol. The van der Waals surface area contributed by atoms with Gasteiger partial charge in [0.1, 0.15) is 12.2 Å². The zero-order chi connectivity index (χ0) is 12.7. The van der Waals surface area contributed by atoms with Gasteiger partial charge in [0.15, 0.2) is 0 Å². The molecular formula is C10H16O6. The summed E-state index contributed by atoms with van der Waals surface area (Å²) < 4.78 is 14.1. The first-order valence-corrected chi connectivity index (χ1v) is 4.94. The molecule has 0 aromatic heterocycles. The van der Waals surface area contributed by atoms with E-state index in [1.807, 2.05) is 0 Å². The third-order valence-electron chi connectivity index (χ3n) is 2.24. The molecule has 2 aliphatic heterocycles. The zero-order valence-corrected chi connectivity index (χ0v) is 9.76. The minimum Gasteiger partial charge on any atom is -0.427 e. The Kier molecular flexibility index (Phi) is 6.37. The lowest BCUT2D eigenvalue weighted by Crippen LogP contribution is -2.13. The molecule has 0 N–H and O–H groups in total. The highest BCUT2D eigenvalue weighted by molar-refractivity contribution is 5.62. The quantitative estimate of drug-likeness (QED) is 0.460. The Balaban J connectivity index is 0.000000241. The second kappa shape index (κ2) is 6.98. The van der Waals surface area contributed by atoms with Crippen LogP contribution in [0.1, 0.15) is 27.7 Å². The number of ether oxygens (including phenoxy) is 3. The first-order chi connectivity index (χ1) is 7.42. The fraction of sp³-hybridized carbons (Fsp3) is 0.800. The summed E-state index contributed by atoms with van der Waals surface area (Å²) in [7, 11) is 0. The highest BCUT2D eigenvalue weighted by atomic mass is 16.8. The van der Waals surface area contributed by atoms with Crippen LogP contribution in [0.4, 0.5) is 4.79 Å². The SMILES string of the molecule is CC1OC(=O)OC1C.CC1OC1C.O=C=O. The van der Waals surface area contributed by atoms with E-state index in [0.29, 0.717) is 12.2 Å². The number of carbonyl (C=O) groups excluding carboxylic acids is 3. The minimum absolute atomic E-state index is 0.0810. The Labute approximate surface area is 93.8 Å². The van der Waals surface area contributed by atoms with Gasteiger partial charge < -0.3 is 14.2 Å². The van der Waals surface area contributed by atoms with Crippen molar-refractivity contribution in [3.8, 4) is 0 Å². The number of rotatable bonds is 0. The van der Waals surface area contributed by atoms with Crippen LogP contribution in [0.15, 0.2) is 0 Å². The van der Waals surface area contributed by atoms with Crippen molar-refractivity contribution in [2.75, 3.05) is 0 Å². The Morgan fingerprint density at radius 1 is 0.875 bits per heavy atom. The largest absolute Gasteiger partial charge is 0.509 e. The van der Waals surface area contributed by atoms with Crippen LogP contribution in [0, 0.1) is 0 Å². The topological polar surface area (TPSA) is 82.2 Å². The molecule has 0 radical (unpaired) electrons. The number of cyclic esters (lactones) is 2. The summed E-state index contributed by atoms with van der Waals surface area (Å²) in [5.41, 5.74) is 0. The van der Waals surface area contributed by atoms with Crippen LogP contribution in [0.3, 0.4) is 0 Å². The molecule has 0 aromatic carbocycles. The number of carbonyl (C=O) groups is 1. The summed E-state index contributed by atoms with van der Waals surface area (Å²) in [5.74, 6) is 0. The summed E-state index contributed by atoms with van der Waals surface area (Å²) in [6, 6.07) is 0. The third-order valence-corrected chi connectivity index (χ3v) is 2.24. The van der Waals surface area contributed by atoms with Crippen LogP contribution >= 0.6 is 0 Å². The zero-order valence-electron chi connectivity index (χ0n) is 9.76. The summed E-state index contributed by atoms with van der Waals surface area (Å²) in [6.45, 7) is 7.75. The van der Waals surface area contributed by atoms with Gasteiger partial charge in [0.25, 0.3) is 0 Å². The first kappa shape index (κ1) is 14.6. The van der Waals surface area contributed by atoms with Gasteiger partial charge in [0.05, 0.1) is 12.2 Å². The molecule has 6 heteroatoms. The molecule has 4 unspecified atom stereocenters. The van der Waals surface area contributed by atoms with Crippen LogP contribution in [0.5, 0.6) is 0 Å². The fourth-order valence-electron chi connectivity index (χ4n) is 0.816. The summed E-state index contributed by atoms with van der Waals surface area (Å²) in [4.78, 5) is 26.5. The molecule has 0 saturated carbocycles. The van der Waals surface area contributed by atoms with Gasteiger partial charge in [0.2, 0.25) is 0 Å². The van der Waals surface area contributed by atoms with Crippen LogP contribution in [0.25, 0.3) is 0 Å². The average Bonchev–Trinajstić information content (AvgIpc) is 2.71. The van der Waals surface area contributed by atoms with E-state index in [1.165, 1.54) is 0 Å². The lowest BCUT2D eigenvalue weighted by Gasteiger charge is -2.00. The lowest BCUT2D eigenvalue weighted by atomic mass is 10.3. The molecule has 2 aliphatic rings. The molecule has 0 spiro atoms. The standard InChI is InChI=1S/C5H8O3.C4H8O.CO2/c1-3-4(2)8-5(6)7-3;1-3-4(2)5-3;2-1-3/h3-4H,1-2H3;3-4H,1-2H3;. The molecule has 2 saturated heterocycles. The maximum Gasteiger partial charge on any atom is 0.509 e. The predicted molar refractivity (Wildman–Crippen MR) is 51.5 cm³/mol. The molecule has 2 fully saturated rings. The molecular weight excluding hydrogens is 216 g/mol. The molecule has 0 aliphatic carbocycles. The highest BCUT2D eigenvalue weighted by Crippen LogP contribution is 2.18. The number of epoxide rings is 1.